The molecule has 5 rings (SSSR count). The second-order valence-corrected chi connectivity index (χ2v) is 8.01. The van der Waals surface area contributed by atoms with Crippen LogP contribution in [0.15, 0.2) is 67.0 Å². The largest absolute Gasteiger partial charge is 0.308 e. The van der Waals surface area contributed by atoms with E-state index in [0.717, 1.165) is 30.6 Å². The SMILES string of the molecule is CC1Cc2ccccc2N1C(=O)c1cncc(C(=O)N2CCCc3ccccc32)c1. The summed E-state index contributed by atoms with van der Waals surface area (Å²) in [4.78, 5) is 34.5. The molecule has 0 fully saturated rings. The number of hydrogen-bond donors (Lipinski definition) is 0. The molecule has 5 nitrogen and oxygen atoms in total. The van der Waals surface area contributed by atoms with Gasteiger partial charge in [0.2, 0.25) is 0 Å². The van der Waals surface area contributed by atoms with Gasteiger partial charge in [0.05, 0.1) is 11.1 Å². The molecule has 2 aliphatic rings. The van der Waals surface area contributed by atoms with Gasteiger partial charge in [-0.15, -0.1) is 0 Å². The Hall–Kier alpha value is -3.47. The summed E-state index contributed by atoms with van der Waals surface area (Å²) in [6, 6.07) is 17.7. The molecule has 0 N–H and O–H groups in total. The Morgan fingerprint density at radius 1 is 0.900 bits per heavy atom. The third-order valence-electron chi connectivity index (χ3n) is 6.01. The van der Waals surface area contributed by atoms with Crippen LogP contribution in [0.4, 0.5) is 11.4 Å². The maximum Gasteiger partial charge on any atom is 0.260 e. The lowest BCUT2D eigenvalue weighted by Crippen LogP contribution is -2.37. The Bertz CT molecular complexity index is 1140. The average Bonchev–Trinajstić information content (AvgIpc) is 3.13. The Labute approximate surface area is 176 Å². The number of nitrogens with zero attached hydrogens (tertiary/aromatic N) is 3. The van der Waals surface area contributed by atoms with E-state index in [0.29, 0.717) is 17.7 Å². The molecule has 3 aromatic rings. The predicted molar refractivity (Wildman–Crippen MR) is 117 cm³/mol. The third-order valence-corrected chi connectivity index (χ3v) is 6.01. The minimum atomic E-state index is -0.117. The van der Waals surface area contributed by atoms with Crippen molar-refractivity contribution in [3.05, 3.63) is 89.2 Å². The average molecular weight is 397 g/mol. The number of fused-ring (bicyclic) bond motifs is 2. The molecule has 150 valence electrons. The molecule has 0 saturated heterocycles. The van der Waals surface area contributed by atoms with E-state index in [-0.39, 0.29) is 17.9 Å². The topological polar surface area (TPSA) is 53.5 Å². The van der Waals surface area contributed by atoms with Crippen molar-refractivity contribution in [2.45, 2.75) is 32.2 Å². The number of rotatable bonds is 2. The maximum atomic E-state index is 13.3. The summed E-state index contributed by atoms with van der Waals surface area (Å²) in [6.45, 7) is 2.72. The standard InChI is InChI=1S/C25H23N3O2/c1-17-13-19-8-3-5-11-23(19)28(17)25(30)21-14-20(15-26-16-21)24(29)27-12-6-9-18-7-2-4-10-22(18)27/h2-5,7-8,10-11,14-17H,6,9,12-13H2,1H3. The minimum absolute atomic E-state index is 0.0724. The molecule has 1 aromatic heterocycles. The fraction of sp³-hybridized carbons (Fsp3) is 0.240. The van der Waals surface area contributed by atoms with Gasteiger partial charge in [0, 0.05) is 36.4 Å². The van der Waals surface area contributed by atoms with Gasteiger partial charge in [0.25, 0.3) is 11.8 Å². The highest BCUT2D eigenvalue weighted by Gasteiger charge is 2.32. The third kappa shape index (κ3) is 3.07. The zero-order valence-electron chi connectivity index (χ0n) is 16.9. The first-order chi connectivity index (χ1) is 14.6. The monoisotopic (exact) mass is 397 g/mol. The molecule has 2 aromatic carbocycles. The second kappa shape index (κ2) is 7.41. The number of hydrogen-bond acceptors (Lipinski definition) is 3. The number of aryl methyl sites for hydroxylation is 1. The summed E-state index contributed by atoms with van der Waals surface area (Å²) < 4.78 is 0. The first-order valence-electron chi connectivity index (χ1n) is 10.4. The Balaban J connectivity index is 1.46. The van der Waals surface area contributed by atoms with Crippen molar-refractivity contribution in [1.82, 2.24) is 4.98 Å². The summed E-state index contributed by atoms with van der Waals surface area (Å²) in [5.41, 5.74) is 5.12. The zero-order valence-corrected chi connectivity index (χ0v) is 16.9. The number of benzene rings is 2. The van der Waals surface area contributed by atoms with Crippen LogP contribution in [0.1, 0.15) is 45.2 Å². The number of carbonyl (C=O) groups excluding carboxylic acids is 2. The minimum Gasteiger partial charge on any atom is -0.308 e. The zero-order chi connectivity index (χ0) is 20.7. The van der Waals surface area contributed by atoms with Crippen LogP contribution in [-0.4, -0.2) is 29.4 Å². The summed E-state index contributed by atoms with van der Waals surface area (Å²) >= 11 is 0. The molecular formula is C25H23N3O2. The van der Waals surface area contributed by atoms with E-state index in [2.05, 4.69) is 17.1 Å². The first kappa shape index (κ1) is 18.6. The van der Waals surface area contributed by atoms with Crippen LogP contribution in [0.5, 0.6) is 0 Å². The Morgan fingerprint density at radius 2 is 1.57 bits per heavy atom. The van der Waals surface area contributed by atoms with E-state index in [4.69, 9.17) is 0 Å². The van der Waals surface area contributed by atoms with Gasteiger partial charge in [-0.1, -0.05) is 36.4 Å². The van der Waals surface area contributed by atoms with Crippen molar-refractivity contribution in [2.24, 2.45) is 0 Å². The number of pyridine rings is 1. The van der Waals surface area contributed by atoms with Crippen molar-refractivity contribution in [3.63, 3.8) is 0 Å². The van der Waals surface area contributed by atoms with Crippen LogP contribution < -0.4 is 9.80 Å². The van der Waals surface area contributed by atoms with E-state index in [1.165, 1.54) is 11.1 Å². The molecule has 3 heterocycles. The summed E-state index contributed by atoms with van der Waals surface area (Å²) in [5.74, 6) is -0.229. The first-order valence-corrected chi connectivity index (χ1v) is 10.4. The van der Waals surface area contributed by atoms with Crippen molar-refractivity contribution >= 4 is 23.2 Å². The van der Waals surface area contributed by atoms with Crippen LogP contribution in [0.3, 0.4) is 0 Å². The van der Waals surface area contributed by atoms with Gasteiger partial charge in [0.15, 0.2) is 0 Å². The second-order valence-electron chi connectivity index (χ2n) is 8.01. The van der Waals surface area contributed by atoms with Crippen LogP contribution in [0, 0.1) is 0 Å². The highest BCUT2D eigenvalue weighted by molar-refractivity contribution is 6.11. The lowest BCUT2D eigenvalue weighted by atomic mass is 10.0. The fourth-order valence-electron chi connectivity index (χ4n) is 4.59. The molecule has 0 aliphatic carbocycles. The van der Waals surface area contributed by atoms with Gasteiger partial charge < -0.3 is 9.80 Å². The number of anilines is 2. The van der Waals surface area contributed by atoms with Crippen molar-refractivity contribution in [1.29, 1.82) is 0 Å². The highest BCUT2D eigenvalue weighted by Crippen LogP contribution is 2.33. The van der Waals surface area contributed by atoms with Crippen LogP contribution in [-0.2, 0) is 12.8 Å². The van der Waals surface area contributed by atoms with E-state index in [1.54, 1.807) is 23.4 Å². The molecule has 0 spiro atoms. The number of para-hydroxylation sites is 2. The van der Waals surface area contributed by atoms with Gasteiger partial charge in [-0.25, -0.2) is 0 Å². The van der Waals surface area contributed by atoms with Gasteiger partial charge in [-0.05, 0) is 55.5 Å². The molecule has 1 unspecified atom stereocenters. The molecule has 30 heavy (non-hydrogen) atoms. The number of carbonyl (C=O) groups is 2. The van der Waals surface area contributed by atoms with E-state index in [9.17, 15) is 9.59 Å². The fourth-order valence-corrected chi connectivity index (χ4v) is 4.59. The Kier molecular flexibility index (Phi) is 4.58. The molecule has 5 heteroatoms. The molecule has 1 atom stereocenters. The molecule has 0 radical (unpaired) electrons. The van der Waals surface area contributed by atoms with Gasteiger partial charge in [0.1, 0.15) is 0 Å². The van der Waals surface area contributed by atoms with E-state index >= 15 is 0 Å². The molecule has 0 bridgehead atoms. The van der Waals surface area contributed by atoms with Gasteiger partial charge >= 0.3 is 0 Å². The smallest absolute Gasteiger partial charge is 0.260 e. The van der Waals surface area contributed by atoms with E-state index < -0.39 is 0 Å². The van der Waals surface area contributed by atoms with Gasteiger partial charge in [-0.2, -0.15) is 0 Å². The quantitative estimate of drug-likeness (QED) is 0.649. The van der Waals surface area contributed by atoms with Crippen molar-refractivity contribution < 1.29 is 9.59 Å². The maximum absolute atomic E-state index is 13.3. The predicted octanol–water partition coefficient (Wildman–Crippen LogP) is 4.27. The Morgan fingerprint density at radius 3 is 2.37 bits per heavy atom. The summed E-state index contributed by atoms with van der Waals surface area (Å²) in [7, 11) is 0. The summed E-state index contributed by atoms with van der Waals surface area (Å²) in [6.07, 6.45) is 5.84. The number of aromatic nitrogens is 1. The van der Waals surface area contributed by atoms with Gasteiger partial charge in [-0.3, -0.25) is 14.6 Å². The van der Waals surface area contributed by atoms with Crippen LogP contribution >= 0.6 is 0 Å². The van der Waals surface area contributed by atoms with Crippen LogP contribution in [0.25, 0.3) is 0 Å². The van der Waals surface area contributed by atoms with E-state index in [1.807, 2.05) is 48.2 Å². The lowest BCUT2D eigenvalue weighted by Gasteiger charge is -2.29. The summed E-state index contributed by atoms with van der Waals surface area (Å²) in [5, 5.41) is 0. The molecule has 0 saturated carbocycles. The molecular weight excluding hydrogens is 374 g/mol. The number of amides is 2. The normalized spacial score (nSPS) is 17.4. The molecule has 2 aliphatic heterocycles. The lowest BCUT2D eigenvalue weighted by molar-refractivity contribution is 0.0981. The van der Waals surface area contributed by atoms with Crippen LogP contribution in [0.2, 0.25) is 0 Å². The van der Waals surface area contributed by atoms with Crippen molar-refractivity contribution in [2.75, 3.05) is 16.3 Å². The highest BCUT2D eigenvalue weighted by atomic mass is 16.2. The molecule has 2 amide bonds. The van der Waals surface area contributed by atoms with Crippen molar-refractivity contribution in [3.8, 4) is 0 Å².